The van der Waals surface area contributed by atoms with E-state index < -0.39 is 0 Å². The Morgan fingerprint density at radius 1 is 1.36 bits per heavy atom. The number of likely N-dealkylation sites (tertiary alicyclic amines) is 1. The van der Waals surface area contributed by atoms with Crippen LogP contribution in [-0.2, 0) is 17.6 Å². The van der Waals surface area contributed by atoms with E-state index in [1.807, 2.05) is 25.8 Å². The zero-order valence-electron chi connectivity index (χ0n) is 15.2. The minimum absolute atomic E-state index is 0.185. The Balaban J connectivity index is 1.63. The minimum atomic E-state index is 0.185. The van der Waals surface area contributed by atoms with Crippen LogP contribution in [0.4, 0.5) is 5.82 Å². The SMILES string of the molecule is CNc1nccnc1C[C@@H]1CCCN(C(=O)Cc2c(C)n[nH]c2C)C1. The molecular formula is C18H26N6O. The molecule has 1 atom stereocenters. The molecule has 0 unspecified atom stereocenters. The van der Waals surface area contributed by atoms with Crippen LogP contribution in [0.5, 0.6) is 0 Å². The molecule has 0 aliphatic carbocycles. The zero-order chi connectivity index (χ0) is 17.8. The fourth-order valence-electron chi connectivity index (χ4n) is 3.55. The van der Waals surface area contributed by atoms with E-state index in [0.29, 0.717) is 12.3 Å². The first-order valence-corrected chi connectivity index (χ1v) is 8.84. The van der Waals surface area contributed by atoms with Gasteiger partial charge in [0.05, 0.1) is 17.8 Å². The van der Waals surface area contributed by atoms with Crippen LogP contribution in [0, 0.1) is 19.8 Å². The molecule has 1 saturated heterocycles. The number of aryl methyl sites for hydroxylation is 2. The Hall–Kier alpha value is -2.44. The number of carbonyl (C=O) groups excluding carboxylic acids is 1. The average molecular weight is 342 g/mol. The van der Waals surface area contributed by atoms with Gasteiger partial charge in [-0.25, -0.2) is 4.98 Å². The van der Waals surface area contributed by atoms with Gasteiger partial charge < -0.3 is 10.2 Å². The maximum absolute atomic E-state index is 12.7. The highest BCUT2D eigenvalue weighted by molar-refractivity contribution is 5.79. The Labute approximate surface area is 148 Å². The summed E-state index contributed by atoms with van der Waals surface area (Å²) in [4.78, 5) is 23.5. The third-order valence-electron chi connectivity index (χ3n) is 4.97. The van der Waals surface area contributed by atoms with Gasteiger partial charge >= 0.3 is 0 Å². The molecule has 2 aromatic heterocycles. The molecule has 0 spiro atoms. The van der Waals surface area contributed by atoms with Crippen molar-refractivity contribution < 1.29 is 4.79 Å². The topological polar surface area (TPSA) is 86.8 Å². The summed E-state index contributed by atoms with van der Waals surface area (Å²) in [7, 11) is 1.86. The number of piperidine rings is 1. The highest BCUT2D eigenvalue weighted by atomic mass is 16.2. The highest BCUT2D eigenvalue weighted by Crippen LogP contribution is 2.23. The zero-order valence-corrected chi connectivity index (χ0v) is 15.2. The molecule has 7 heteroatoms. The third kappa shape index (κ3) is 3.97. The molecule has 134 valence electrons. The van der Waals surface area contributed by atoms with Gasteiger partial charge in [-0.3, -0.25) is 14.9 Å². The number of rotatable bonds is 5. The van der Waals surface area contributed by atoms with Crippen LogP contribution >= 0.6 is 0 Å². The van der Waals surface area contributed by atoms with Crippen molar-refractivity contribution in [2.24, 2.45) is 5.92 Å². The molecule has 0 radical (unpaired) electrons. The molecular weight excluding hydrogens is 316 g/mol. The molecule has 2 aromatic rings. The van der Waals surface area contributed by atoms with Crippen LogP contribution < -0.4 is 5.32 Å². The maximum Gasteiger partial charge on any atom is 0.227 e. The monoisotopic (exact) mass is 342 g/mol. The summed E-state index contributed by atoms with van der Waals surface area (Å²) in [6.45, 7) is 5.53. The van der Waals surface area contributed by atoms with Gasteiger partial charge in [-0.1, -0.05) is 0 Å². The molecule has 0 saturated carbocycles. The Morgan fingerprint density at radius 3 is 2.88 bits per heavy atom. The van der Waals surface area contributed by atoms with Crippen molar-refractivity contribution >= 4 is 11.7 Å². The first-order chi connectivity index (χ1) is 12.1. The lowest BCUT2D eigenvalue weighted by Crippen LogP contribution is -2.41. The van der Waals surface area contributed by atoms with Crippen LogP contribution in [0.1, 0.15) is 35.5 Å². The summed E-state index contributed by atoms with van der Waals surface area (Å²) in [5.41, 5.74) is 3.90. The molecule has 0 bridgehead atoms. The van der Waals surface area contributed by atoms with Crippen molar-refractivity contribution in [3.63, 3.8) is 0 Å². The first-order valence-electron chi connectivity index (χ1n) is 8.84. The van der Waals surface area contributed by atoms with Crippen molar-refractivity contribution in [1.29, 1.82) is 0 Å². The van der Waals surface area contributed by atoms with Crippen LogP contribution in [-0.4, -0.2) is 51.1 Å². The fraction of sp³-hybridized carbons (Fsp3) is 0.556. The molecule has 1 aliphatic heterocycles. The number of amides is 1. The van der Waals surface area contributed by atoms with E-state index in [1.165, 1.54) is 0 Å². The molecule has 1 amide bonds. The van der Waals surface area contributed by atoms with Crippen molar-refractivity contribution in [2.45, 2.75) is 39.5 Å². The lowest BCUT2D eigenvalue weighted by atomic mass is 9.92. The number of aromatic nitrogens is 4. The predicted molar refractivity (Wildman–Crippen MR) is 96.4 cm³/mol. The highest BCUT2D eigenvalue weighted by Gasteiger charge is 2.26. The van der Waals surface area contributed by atoms with Gasteiger partial charge in [-0.15, -0.1) is 0 Å². The van der Waals surface area contributed by atoms with E-state index in [4.69, 9.17) is 0 Å². The number of nitrogens with zero attached hydrogens (tertiary/aromatic N) is 4. The van der Waals surface area contributed by atoms with E-state index in [2.05, 4.69) is 25.5 Å². The van der Waals surface area contributed by atoms with Gasteiger partial charge in [0.2, 0.25) is 5.91 Å². The Kier molecular flexibility index (Phi) is 5.31. The van der Waals surface area contributed by atoms with Crippen molar-refractivity contribution in [2.75, 3.05) is 25.5 Å². The molecule has 1 aliphatic rings. The minimum Gasteiger partial charge on any atom is -0.372 e. The third-order valence-corrected chi connectivity index (χ3v) is 4.97. The van der Waals surface area contributed by atoms with Crippen molar-refractivity contribution in [1.82, 2.24) is 25.1 Å². The number of nitrogens with one attached hydrogen (secondary N) is 2. The van der Waals surface area contributed by atoms with Gasteiger partial charge in [-0.05, 0) is 39.0 Å². The molecule has 25 heavy (non-hydrogen) atoms. The average Bonchev–Trinajstić information content (AvgIpc) is 2.94. The van der Waals surface area contributed by atoms with E-state index >= 15 is 0 Å². The van der Waals surface area contributed by atoms with Gasteiger partial charge in [0, 0.05) is 43.8 Å². The second kappa shape index (κ2) is 7.63. The summed E-state index contributed by atoms with van der Waals surface area (Å²) in [6, 6.07) is 0. The lowest BCUT2D eigenvalue weighted by Gasteiger charge is -2.33. The van der Waals surface area contributed by atoms with E-state index in [0.717, 1.165) is 60.8 Å². The number of aromatic amines is 1. The van der Waals surface area contributed by atoms with E-state index in [-0.39, 0.29) is 5.91 Å². The Morgan fingerprint density at radius 2 is 2.16 bits per heavy atom. The molecule has 3 rings (SSSR count). The molecule has 2 N–H and O–H groups in total. The number of anilines is 1. The summed E-state index contributed by atoms with van der Waals surface area (Å²) in [5.74, 6) is 1.44. The molecule has 0 aromatic carbocycles. The van der Waals surface area contributed by atoms with E-state index in [1.54, 1.807) is 12.4 Å². The summed E-state index contributed by atoms with van der Waals surface area (Å²) < 4.78 is 0. The van der Waals surface area contributed by atoms with Crippen molar-refractivity contribution in [3.05, 3.63) is 35.0 Å². The Bertz CT molecular complexity index is 721. The fourth-order valence-corrected chi connectivity index (χ4v) is 3.55. The van der Waals surface area contributed by atoms with E-state index in [9.17, 15) is 4.79 Å². The predicted octanol–water partition coefficient (Wildman–Crippen LogP) is 1.88. The van der Waals surface area contributed by atoms with Crippen LogP contribution in [0.2, 0.25) is 0 Å². The summed E-state index contributed by atoms with van der Waals surface area (Å²) in [6.07, 6.45) is 6.85. The second-order valence-corrected chi connectivity index (χ2v) is 6.74. The maximum atomic E-state index is 12.7. The van der Waals surface area contributed by atoms with Gasteiger partial charge in [-0.2, -0.15) is 5.10 Å². The number of hydrogen-bond donors (Lipinski definition) is 2. The lowest BCUT2D eigenvalue weighted by molar-refractivity contribution is -0.132. The smallest absolute Gasteiger partial charge is 0.227 e. The molecule has 7 nitrogen and oxygen atoms in total. The van der Waals surface area contributed by atoms with Crippen LogP contribution in [0.25, 0.3) is 0 Å². The van der Waals surface area contributed by atoms with Crippen LogP contribution in [0.15, 0.2) is 12.4 Å². The van der Waals surface area contributed by atoms with Crippen molar-refractivity contribution in [3.8, 4) is 0 Å². The van der Waals surface area contributed by atoms with Gasteiger partial charge in [0.1, 0.15) is 5.82 Å². The standard InChI is InChI=1S/C18H26N6O/c1-12-15(13(2)23-22-12)10-17(25)24-8-4-5-14(11-24)9-16-18(19-3)21-7-6-20-16/h6-7,14H,4-5,8-11H2,1-3H3,(H,19,21)(H,22,23)/t14-/m0/s1. The largest absolute Gasteiger partial charge is 0.372 e. The normalized spacial score (nSPS) is 17.6. The molecule has 1 fully saturated rings. The number of hydrogen-bond acceptors (Lipinski definition) is 5. The number of carbonyl (C=O) groups is 1. The van der Waals surface area contributed by atoms with Crippen LogP contribution in [0.3, 0.4) is 0 Å². The summed E-state index contributed by atoms with van der Waals surface area (Å²) in [5, 5.41) is 10.2. The molecule has 3 heterocycles. The summed E-state index contributed by atoms with van der Waals surface area (Å²) >= 11 is 0. The van der Waals surface area contributed by atoms with Gasteiger partial charge in [0.25, 0.3) is 0 Å². The van der Waals surface area contributed by atoms with Gasteiger partial charge in [0.15, 0.2) is 0 Å². The quantitative estimate of drug-likeness (QED) is 0.866. The first kappa shape index (κ1) is 17.4. The second-order valence-electron chi connectivity index (χ2n) is 6.74. The number of H-pyrrole nitrogens is 1.